The standard InChI is InChI=1S/C27H17Cl3N2O3/c28-15-5-8-17(9-6-15)32-26(34)21-22(27(32)35)24(25(33)19-10-7-16(29)13-20(19)30)31-12-11-14-3-1-2-4-18(14)23(21)31/h1-13,21-24H/t21-,22+,23-,24-/m0/s1. The lowest BCUT2D eigenvalue weighted by molar-refractivity contribution is -0.123. The number of amides is 2. The average Bonchev–Trinajstić information content (AvgIpc) is 3.32. The molecule has 2 amide bonds. The van der Waals surface area contributed by atoms with Crippen molar-refractivity contribution in [1.82, 2.24) is 4.90 Å². The first-order valence-electron chi connectivity index (χ1n) is 11.0. The molecule has 0 radical (unpaired) electrons. The predicted molar refractivity (Wildman–Crippen MR) is 136 cm³/mol. The zero-order valence-electron chi connectivity index (χ0n) is 18.1. The average molecular weight is 524 g/mol. The first kappa shape index (κ1) is 22.4. The molecule has 0 aromatic heterocycles. The predicted octanol–water partition coefficient (Wildman–Crippen LogP) is 6.05. The van der Waals surface area contributed by atoms with Gasteiger partial charge in [0, 0.05) is 21.8 Å². The van der Waals surface area contributed by atoms with E-state index < -0.39 is 29.8 Å². The Balaban J connectivity index is 1.50. The van der Waals surface area contributed by atoms with Crippen molar-refractivity contribution in [2.75, 3.05) is 4.90 Å². The molecule has 5 nitrogen and oxygen atoms in total. The summed E-state index contributed by atoms with van der Waals surface area (Å²) in [6.45, 7) is 0. The number of fused-ring (bicyclic) bond motifs is 5. The summed E-state index contributed by atoms with van der Waals surface area (Å²) >= 11 is 18.5. The number of rotatable bonds is 3. The highest BCUT2D eigenvalue weighted by Crippen LogP contribution is 2.54. The number of hydrogen-bond acceptors (Lipinski definition) is 4. The van der Waals surface area contributed by atoms with Gasteiger partial charge in [0.05, 0.1) is 28.6 Å². The molecule has 0 N–H and O–H groups in total. The molecular weight excluding hydrogens is 507 g/mol. The maximum Gasteiger partial charge on any atom is 0.240 e. The number of halogens is 3. The Labute approximate surface area is 216 Å². The van der Waals surface area contributed by atoms with Gasteiger partial charge in [-0.1, -0.05) is 59.1 Å². The number of ketones is 1. The summed E-state index contributed by atoms with van der Waals surface area (Å²) in [4.78, 5) is 44.6. The summed E-state index contributed by atoms with van der Waals surface area (Å²) in [6.07, 6.45) is 3.72. The van der Waals surface area contributed by atoms with E-state index in [4.69, 9.17) is 34.8 Å². The van der Waals surface area contributed by atoms with Crippen molar-refractivity contribution in [2.24, 2.45) is 11.8 Å². The van der Waals surface area contributed by atoms with E-state index in [-0.39, 0.29) is 22.3 Å². The van der Waals surface area contributed by atoms with Crippen LogP contribution in [-0.2, 0) is 9.59 Å². The van der Waals surface area contributed by atoms with Gasteiger partial charge in [0.1, 0.15) is 6.04 Å². The molecule has 2 fully saturated rings. The molecule has 0 unspecified atom stereocenters. The van der Waals surface area contributed by atoms with Crippen LogP contribution in [0.1, 0.15) is 27.5 Å². The number of carbonyl (C=O) groups is 3. The molecule has 35 heavy (non-hydrogen) atoms. The van der Waals surface area contributed by atoms with Gasteiger partial charge >= 0.3 is 0 Å². The largest absolute Gasteiger partial charge is 0.358 e. The molecule has 3 aliphatic heterocycles. The van der Waals surface area contributed by atoms with Gasteiger partial charge in [0.15, 0.2) is 5.78 Å². The number of imide groups is 1. The monoisotopic (exact) mass is 522 g/mol. The summed E-state index contributed by atoms with van der Waals surface area (Å²) in [5, 5.41) is 1.10. The first-order valence-corrected chi connectivity index (χ1v) is 12.2. The molecular formula is C27H17Cl3N2O3. The van der Waals surface area contributed by atoms with Crippen LogP contribution in [0.4, 0.5) is 5.69 Å². The van der Waals surface area contributed by atoms with E-state index in [1.165, 1.54) is 11.0 Å². The molecule has 3 aromatic carbocycles. The zero-order valence-corrected chi connectivity index (χ0v) is 20.3. The Morgan fingerprint density at radius 2 is 1.49 bits per heavy atom. The van der Waals surface area contributed by atoms with Crippen molar-refractivity contribution >= 4 is 64.2 Å². The Bertz CT molecular complexity index is 1440. The fourth-order valence-corrected chi connectivity index (χ4v) is 6.18. The van der Waals surface area contributed by atoms with Gasteiger partial charge in [-0.05, 0) is 59.7 Å². The van der Waals surface area contributed by atoms with Crippen LogP contribution in [-0.4, -0.2) is 28.5 Å². The minimum absolute atomic E-state index is 0.204. The Kier molecular flexibility index (Phi) is 5.26. The smallest absolute Gasteiger partial charge is 0.240 e. The normalized spacial score (nSPS) is 24.4. The highest BCUT2D eigenvalue weighted by molar-refractivity contribution is 6.37. The third-order valence-electron chi connectivity index (χ3n) is 7.01. The first-order chi connectivity index (χ1) is 16.9. The molecule has 3 aliphatic rings. The number of nitrogens with zero attached hydrogens (tertiary/aromatic N) is 2. The third kappa shape index (κ3) is 3.33. The molecule has 4 atom stereocenters. The van der Waals surface area contributed by atoms with Crippen LogP contribution in [0.15, 0.2) is 72.9 Å². The molecule has 2 saturated heterocycles. The molecule has 0 saturated carbocycles. The third-order valence-corrected chi connectivity index (χ3v) is 7.81. The Hall–Kier alpha value is -3.12. The van der Waals surface area contributed by atoms with Crippen molar-refractivity contribution in [3.63, 3.8) is 0 Å². The second-order valence-electron chi connectivity index (χ2n) is 8.81. The topological polar surface area (TPSA) is 57.7 Å². The number of anilines is 1. The molecule has 3 heterocycles. The molecule has 0 aliphatic carbocycles. The summed E-state index contributed by atoms with van der Waals surface area (Å²) in [5.74, 6) is -2.68. The summed E-state index contributed by atoms with van der Waals surface area (Å²) in [7, 11) is 0. The van der Waals surface area contributed by atoms with Crippen LogP contribution >= 0.6 is 34.8 Å². The lowest BCUT2D eigenvalue weighted by Crippen LogP contribution is -2.44. The summed E-state index contributed by atoms with van der Waals surface area (Å²) < 4.78 is 0. The fourth-order valence-electron chi connectivity index (χ4n) is 5.55. The van der Waals surface area contributed by atoms with Gasteiger partial charge in [0.25, 0.3) is 0 Å². The second-order valence-corrected chi connectivity index (χ2v) is 10.1. The van der Waals surface area contributed by atoms with Gasteiger partial charge in [-0.2, -0.15) is 0 Å². The van der Waals surface area contributed by atoms with Gasteiger partial charge in [0.2, 0.25) is 11.8 Å². The van der Waals surface area contributed by atoms with Gasteiger partial charge < -0.3 is 4.90 Å². The summed E-state index contributed by atoms with van der Waals surface area (Å²) in [6, 6.07) is 17.6. The number of benzene rings is 3. The van der Waals surface area contributed by atoms with Crippen LogP contribution in [0.25, 0.3) is 6.08 Å². The molecule has 6 rings (SSSR count). The van der Waals surface area contributed by atoms with E-state index in [2.05, 4.69) is 0 Å². The van der Waals surface area contributed by atoms with Crippen molar-refractivity contribution in [3.05, 3.63) is 105 Å². The van der Waals surface area contributed by atoms with Crippen LogP contribution in [0.2, 0.25) is 15.1 Å². The Morgan fingerprint density at radius 1 is 0.800 bits per heavy atom. The fraction of sp³-hybridized carbons (Fsp3) is 0.148. The highest BCUT2D eigenvalue weighted by Gasteiger charge is 2.64. The number of carbonyl (C=O) groups excluding carboxylic acids is 3. The molecule has 3 aromatic rings. The van der Waals surface area contributed by atoms with E-state index in [1.54, 1.807) is 36.4 Å². The quantitative estimate of drug-likeness (QED) is 0.310. The van der Waals surface area contributed by atoms with E-state index in [9.17, 15) is 14.4 Å². The lowest BCUT2D eigenvalue weighted by Gasteiger charge is -2.35. The van der Waals surface area contributed by atoms with Gasteiger partial charge in [-0.15, -0.1) is 0 Å². The SMILES string of the molecule is O=C(c1ccc(Cl)cc1Cl)[C@@H]1[C@@H]2C(=O)N(c3ccc(Cl)cc3)C(=O)[C@@H]2[C@@H]2c3ccccc3C=CN12. The van der Waals surface area contributed by atoms with Crippen LogP contribution in [0, 0.1) is 11.8 Å². The van der Waals surface area contributed by atoms with Gasteiger partial charge in [-0.25, -0.2) is 4.90 Å². The molecule has 0 bridgehead atoms. The molecule has 0 spiro atoms. The summed E-state index contributed by atoms with van der Waals surface area (Å²) in [5.41, 5.74) is 2.55. The van der Waals surface area contributed by atoms with E-state index in [1.807, 2.05) is 41.4 Å². The highest BCUT2D eigenvalue weighted by atomic mass is 35.5. The van der Waals surface area contributed by atoms with Gasteiger partial charge in [-0.3, -0.25) is 14.4 Å². The molecule has 174 valence electrons. The van der Waals surface area contributed by atoms with E-state index in [0.717, 1.165) is 11.1 Å². The van der Waals surface area contributed by atoms with E-state index in [0.29, 0.717) is 15.7 Å². The maximum absolute atomic E-state index is 13.9. The van der Waals surface area contributed by atoms with Crippen molar-refractivity contribution in [1.29, 1.82) is 0 Å². The zero-order chi connectivity index (χ0) is 24.4. The maximum atomic E-state index is 13.9. The number of Topliss-reactive ketones (excluding diaryl/α,β-unsaturated/α-hetero) is 1. The van der Waals surface area contributed by atoms with Crippen molar-refractivity contribution in [3.8, 4) is 0 Å². The second kappa shape index (κ2) is 8.23. The lowest BCUT2D eigenvalue weighted by atomic mass is 9.83. The van der Waals surface area contributed by atoms with Crippen molar-refractivity contribution in [2.45, 2.75) is 12.1 Å². The molecule has 8 heteroatoms. The minimum Gasteiger partial charge on any atom is -0.358 e. The number of hydrogen-bond donors (Lipinski definition) is 0. The van der Waals surface area contributed by atoms with Crippen molar-refractivity contribution < 1.29 is 14.4 Å². The van der Waals surface area contributed by atoms with Crippen LogP contribution < -0.4 is 4.90 Å². The minimum atomic E-state index is -0.901. The van der Waals surface area contributed by atoms with E-state index >= 15 is 0 Å². The van der Waals surface area contributed by atoms with Crippen LogP contribution in [0.5, 0.6) is 0 Å². The van der Waals surface area contributed by atoms with Crippen LogP contribution in [0.3, 0.4) is 0 Å². The Morgan fingerprint density at radius 3 is 2.23 bits per heavy atom.